The maximum atomic E-state index is 11.4. The van der Waals surface area contributed by atoms with Crippen LogP contribution < -0.4 is 15.8 Å². The standard InChI is InChI=1S/C10H17N3O4S/c1-3-12-10(14)7(2)13-6-8-4-5-9(17-8)18(11,15)16/h4-5,7,13H,3,6H2,1-2H3,(H,12,14)(H2,11,15,16). The number of carbonyl (C=O) groups excluding carboxylic acids is 1. The molecular weight excluding hydrogens is 258 g/mol. The SMILES string of the molecule is CCNC(=O)C(C)NCc1ccc(S(N)(=O)=O)o1. The number of hydrogen-bond donors (Lipinski definition) is 3. The van der Waals surface area contributed by atoms with Gasteiger partial charge in [0.1, 0.15) is 5.76 Å². The number of carbonyl (C=O) groups is 1. The third-order valence-electron chi connectivity index (χ3n) is 2.24. The third kappa shape index (κ3) is 4.13. The van der Waals surface area contributed by atoms with Crippen molar-refractivity contribution in [3.63, 3.8) is 0 Å². The molecule has 0 aliphatic carbocycles. The lowest BCUT2D eigenvalue weighted by molar-refractivity contribution is -0.122. The van der Waals surface area contributed by atoms with Gasteiger partial charge in [-0.05, 0) is 26.0 Å². The summed E-state index contributed by atoms with van der Waals surface area (Å²) in [5.74, 6) is 0.269. The summed E-state index contributed by atoms with van der Waals surface area (Å²) in [7, 11) is -3.82. The summed E-state index contributed by atoms with van der Waals surface area (Å²) in [5.41, 5.74) is 0. The van der Waals surface area contributed by atoms with Crippen LogP contribution in [0.2, 0.25) is 0 Å². The lowest BCUT2D eigenvalue weighted by Crippen LogP contribution is -2.41. The molecule has 0 radical (unpaired) electrons. The van der Waals surface area contributed by atoms with E-state index in [-0.39, 0.29) is 17.5 Å². The van der Waals surface area contributed by atoms with Gasteiger partial charge in [0.05, 0.1) is 12.6 Å². The quantitative estimate of drug-likeness (QED) is 0.650. The zero-order valence-corrected chi connectivity index (χ0v) is 11.1. The zero-order valence-electron chi connectivity index (χ0n) is 10.3. The molecule has 1 amide bonds. The van der Waals surface area contributed by atoms with E-state index in [4.69, 9.17) is 9.56 Å². The van der Waals surface area contributed by atoms with Gasteiger partial charge in [-0.1, -0.05) is 0 Å². The molecule has 102 valence electrons. The highest BCUT2D eigenvalue weighted by Crippen LogP contribution is 2.11. The Kier molecular flexibility index (Phi) is 4.88. The molecule has 4 N–H and O–H groups in total. The smallest absolute Gasteiger partial charge is 0.271 e. The van der Waals surface area contributed by atoms with Crippen molar-refractivity contribution in [3.05, 3.63) is 17.9 Å². The normalized spacial score (nSPS) is 13.3. The third-order valence-corrected chi connectivity index (χ3v) is 3.02. The number of nitrogens with one attached hydrogen (secondary N) is 2. The van der Waals surface area contributed by atoms with Crippen molar-refractivity contribution in [2.75, 3.05) is 6.54 Å². The van der Waals surface area contributed by atoms with Gasteiger partial charge in [-0.25, -0.2) is 13.6 Å². The molecule has 1 aromatic heterocycles. The van der Waals surface area contributed by atoms with Crippen molar-refractivity contribution >= 4 is 15.9 Å². The van der Waals surface area contributed by atoms with Crippen molar-refractivity contribution in [2.24, 2.45) is 5.14 Å². The lowest BCUT2D eigenvalue weighted by Gasteiger charge is -2.11. The molecule has 1 rings (SSSR count). The van der Waals surface area contributed by atoms with Crippen LogP contribution in [0.5, 0.6) is 0 Å². The summed E-state index contributed by atoms with van der Waals surface area (Å²) < 4.78 is 27.0. The highest BCUT2D eigenvalue weighted by Gasteiger charge is 2.15. The fraction of sp³-hybridized carbons (Fsp3) is 0.500. The van der Waals surface area contributed by atoms with Crippen LogP contribution in [-0.4, -0.2) is 26.9 Å². The van der Waals surface area contributed by atoms with Crippen LogP contribution >= 0.6 is 0 Å². The molecule has 1 aromatic rings. The van der Waals surface area contributed by atoms with Crippen LogP contribution in [-0.2, 0) is 21.4 Å². The molecule has 0 aromatic carbocycles. The first-order valence-electron chi connectivity index (χ1n) is 5.47. The minimum absolute atomic E-state index is 0.129. The van der Waals surface area contributed by atoms with Crippen molar-refractivity contribution in [1.29, 1.82) is 0 Å². The molecule has 1 atom stereocenters. The molecule has 1 heterocycles. The number of amides is 1. The van der Waals surface area contributed by atoms with Crippen LogP contribution in [0, 0.1) is 0 Å². The van der Waals surface area contributed by atoms with Crippen molar-refractivity contribution in [1.82, 2.24) is 10.6 Å². The number of hydrogen-bond acceptors (Lipinski definition) is 5. The number of sulfonamides is 1. The number of furan rings is 1. The molecular formula is C10H17N3O4S. The molecule has 0 saturated carbocycles. The maximum absolute atomic E-state index is 11.4. The maximum Gasteiger partial charge on any atom is 0.271 e. The van der Waals surface area contributed by atoms with Crippen LogP contribution in [0.4, 0.5) is 0 Å². The van der Waals surface area contributed by atoms with Gasteiger partial charge < -0.3 is 9.73 Å². The van der Waals surface area contributed by atoms with Gasteiger partial charge in [0.25, 0.3) is 10.0 Å². The van der Waals surface area contributed by atoms with Crippen molar-refractivity contribution in [2.45, 2.75) is 31.5 Å². The van der Waals surface area contributed by atoms with Crippen LogP contribution in [0.15, 0.2) is 21.6 Å². The highest BCUT2D eigenvalue weighted by molar-refractivity contribution is 7.89. The van der Waals surface area contributed by atoms with Gasteiger partial charge in [0.2, 0.25) is 11.0 Å². The molecule has 18 heavy (non-hydrogen) atoms. The summed E-state index contributed by atoms with van der Waals surface area (Å²) >= 11 is 0. The monoisotopic (exact) mass is 275 g/mol. The topological polar surface area (TPSA) is 114 Å². The highest BCUT2D eigenvalue weighted by atomic mass is 32.2. The van der Waals surface area contributed by atoms with E-state index < -0.39 is 16.1 Å². The van der Waals surface area contributed by atoms with Gasteiger partial charge in [-0.3, -0.25) is 10.1 Å². The molecule has 0 bridgehead atoms. The van der Waals surface area contributed by atoms with E-state index in [0.29, 0.717) is 12.3 Å². The van der Waals surface area contributed by atoms with Gasteiger partial charge >= 0.3 is 0 Å². The molecule has 0 spiro atoms. The predicted octanol–water partition coefficient (Wildman–Crippen LogP) is -0.459. The molecule has 8 heteroatoms. The summed E-state index contributed by atoms with van der Waals surface area (Å²) in [6.07, 6.45) is 0. The first-order valence-corrected chi connectivity index (χ1v) is 7.02. The fourth-order valence-corrected chi connectivity index (χ4v) is 1.76. The predicted molar refractivity (Wildman–Crippen MR) is 65.1 cm³/mol. The second kappa shape index (κ2) is 5.98. The second-order valence-electron chi connectivity index (χ2n) is 3.76. The average Bonchev–Trinajstić information content (AvgIpc) is 2.74. The summed E-state index contributed by atoms with van der Waals surface area (Å²) in [6, 6.07) is 2.38. The Morgan fingerprint density at radius 1 is 1.50 bits per heavy atom. The number of rotatable bonds is 6. The Bertz CT molecular complexity index is 509. The van der Waals surface area contributed by atoms with E-state index in [2.05, 4.69) is 10.6 Å². The Labute approximate surface area is 106 Å². The van der Waals surface area contributed by atoms with Crippen LogP contribution in [0.3, 0.4) is 0 Å². The Morgan fingerprint density at radius 2 is 2.17 bits per heavy atom. The molecule has 7 nitrogen and oxygen atoms in total. The number of nitrogens with two attached hydrogens (primary N) is 1. The number of primary sulfonamides is 1. The van der Waals surface area contributed by atoms with E-state index in [1.807, 2.05) is 6.92 Å². The summed E-state index contributed by atoms with van der Waals surface area (Å²) in [6.45, 7) is 4.33. The molecule has 0 fully saturated rings. The molecule has 0 saturated heterocycles. The fourth-order valence-electron chi connectivity index (χ4n) is 1.28. The Balaban J connectivity index is 2.54. The van der Waals surface area contributed by atoms with Gasteiger partial charge in [-0.2, -0.15) is 0 Å². The first-order chi connectivity index (χ1) is 8.34. The minimum Gasteiger partial charge on any atom is -0.447 e. The van der Waals surface area contributed by atoms with E-state index >= 15 is 0 Å². The van der Waals surface area contributed by atoms with Gasteiger partial charge in [0.15, 0.2) is 0 Å². The number of likely N-dealkylation sites (N-methyl/N-ethyl adjacent to an activating group) is 1. The molecule has 1 unspecified atom stereocenters. The molecule has 0 aliphatic rings. The largest absolute Gasteiger partial charge is 0.447 e. The molecule has 0 aliphatic heterocycles. The lowest BCUT2D eigenvalue weighted by atomic mass is 10.3. The minimum atomic E-state index is -3.82. The van der Waals surface area contributed by atoms with E-state index in [1.54, 1.807) is 6.92 Å². The Morgan fingerprint density at radius 3 is 2.67 bits per heavy atom. The zero-order chi connectivity index (χ0) is 13.8. The van der Waals surface area contributed by atoms with E-state index in [0.717, 1.165) is 0 Å². The average molecular weight is 275 g/mol. The summed E-state index contributed by atoms with van der Waals surface area (Å²) in [5, 5.41) is 10.2. The summed E-state index contributed by atoms with van der Waals surface area (Å²) in [4.78, 5) is 11.4. The van der Waals surface area contributed by atoms with E-state index in [9.17, 15) is 13.2 Å². The Hall–Kier alpha value is -1.38. The van der Waals surface area contributed by atoms with Crippen molar-refractivity contribution < 1.29 is 17.6 Å². The van der Waals surface area contributed by atoms with Crippen LogP contribution in [0.1, 0.15) is 19.6 Å². The van der Waals surface area contributed by atoms with Crippen molar-refractivity contribution in [3.8, 4) is 0 Å². The van der Waals surface area contributed by atoms with Gasteiger partial charge in [-0.15, -0.1) is 0 Å². The first kappa shape index (κ1) is 14.7. The van der Waals surface area contributed by atoms with Gasteiger partial charge in [0, 0.05) is 6.54 Å². The van der Waals surface area contributed by atoms with E-state index in [1.165, 1.54) is 12.1 Å². The second-order valence-corrected chi connectivity index (χ2v) is 5.26. The van der Waals surface area contributed by atoms with Crippen LogP contribution in [0.25, 0.3) is 0 Å².